The normalized spacial score (nSPS) is 22.5. The van der Waals surface area contributed by atoms with Gasteiger partial charge in [0.1, 0.15) is 0 Å². The predicted octanol–water partition coefficient (Wildman–Crippen LogP) is 0.417. The maximum atomic E-state index is 12.7. The molecule has 2 aliphatic rings. The van der Waals surface area contributed by atoms with Crippen LogP contribution in [0.1, 0.15) is 18.4 Å². The lowest BCUT2D eigenvalue weighted by Crippen LogP contribution is -2.51. The van der Waals surface area contributed by atoms with Crippen LogP contribution in [0.5, 0.6) is 0 Å². The summed E-state index contributed by atoms with van der Waals surface area (Å²) in [5.41, 5.74) is 1.04. The van der Waals surface area contributed by atoms with E-state index < -0.39 is 10.0 Å². The van der Waals surface area contributed by atoms with Crippen molar-refractivity contribution in [2.24, 2.45) is 5.92 Å². The Balaban J connectivity index is 1.44. The number of hydrogen-bond donors (Lipinski definition) is 2. The van der Waals surface area contributed by atoms with Crippen molar-refractivity contribution in [2.45, 2.75) is 24.7 Å². The first kappa shape index (κ1) is 20.3. The summed E-state index contributed by atoms with van der Waals surface area (Å²) in [5.74, 6) is 0.537. The summed E-state index contributed by atoms with van der Waals surface area (Å²) in [5, 5.41) is 6.37. The zero-order valence-electron chi connectivity index (χ0n) is 16.0. The van der Waals surface area contributed by atoms with Gasteiger partial charge in [0.2, 0.25) is 15.9 Å². The molecule has 0 saturated carbocycles. The first-order chi connectivity index (χ1) is 12.9. The van der Waals surface area contributed by atoms with Gasteiger partial charge in [0.15, 0.2) is 0 Å². The Labute approximate surface area is 162 Å². The number of nitrogens with one attached hydrogen (secondary N) is 2. The fourth-order valence-corrected chi connectivity index (χ4v) is 5.02. The third kappa shape index (κ3) is 5.51. The lowest BCUT2D eigenvalue weighted by atomic mass is 10.00. The molecular formula is C19H30N4O3S. The minimum atomic E-state index is -3.46. The largest absolute Gasteiger partial charge is 0.355 e. The monoisotopic (exact) mass is 394 g/mol. The van der Waals surface area contributed by atoms with E-state index in [1.807, 2.05) is 24.0 Å². The molecule has 1 atom stereocenters. The van der Waals surface area contributed by atoms with Crippen molar-refractivity contribution in [3.05, 3.63) is 29.8 Å². The molecule has 3 rings (SSSR count). The molecule has 0 aromatic heterocycles. The minimum absolute atomic E-state index is 0.0235. The summed E-state index contributed by atoms with van der Waals surface area (Å²) < 4.78 is 27.0. The van der Waals surface area contributed by atoms with Crippen LogP contribution in [0, 0.1) is 12.8 Å². The molecule has 2 saturated heterocycles. The lowest BCUT2D eigenvalue weighted by Gasteiger charge is -2.33. The summed E-state index contributed by atoms with van der Waals surface area (Å²) >= 11 is 0. The molecule has 1 aromatic rings. The summed E-state index contributed by atoms with van der Waals surface area (Å²) in [6.07, 6.45) is 2.32. The molecule has 2 heterocycles. The van der Waals surface area contributed by atoms with Crippen molar-refractivity contribution >= 4 is 15.9 Å². The van der Waals surface area contributed by atoms with Gasteiger partial charge in [-0.15, -0.1) is 0 Å². The highest BCUT2D eigenvalue weighted by Gasteiger charge is 2.29. The fourth-order valence-electron chi connectivity index (χ4n) is 3.60. The Hall–Kier alpha value is -1.48. The van der Waals surface area contributed by atoms with Crippen LogP contribution in [0.3, 0.4) is 0 Å². The van der Waals surface area contributed by atoms with Crippen molar-refractivity contribution in [2.75, 3.05) is 52.4 Å². The topological polar surface area (TPSA) is 81.8 Å². The van der Waals surface area contributed by atoms with Crippen molar-refractivity contribution in [3.63, 3.8) is 0 Å². The maximum absolute atomic E-state index is 12.7. The molecule has 1 unspecified atom stereocenters. The molecule has 2 aliphatic heterocycles. The van der Waals surface area contributed by atoms with E-state index in [4.69, 9.17) is 0 Å². The molecule has 0 radical (unpaired) electrons. The van der Waals surface area contributed by atoms with Crippen LogP contribution < -0.4 is 10.6 Å². The van der Waals surface area contributed by atoms with Crippen molar-refractivity contribution < 1.29 is 13.2 Å². The third-order valence-corrected chi connectivity index (χ3v) is 7.26. The highest BCUT2D eigenvalue weighted by atomic mass is 32.2. The summed E-state index contributed by atoms with van der Waals surface area (Å²) in [7, 11) is -3.46. The van der Waals surface area contributed by atoms with E-state index in [9.17, 15) is 13.2 Å². The van der Waals surface area contributed by atoms with Crippen LogP contribution in [0.4, 0.5) is 0 Å². The predicted molar refractivity (Wildman–Crippen MR) is 105 cm³/mol. The van der Waals surface area contributed by atoms with Crippen molar-refractivity contribution in [3.8, 4) is 0 Å². The van der Waals surface area contributed by atoms with Gasteiger partial charge in [-0.25, -0.2) is 8.42 Å². The number of hydrogen-bond acceptors (Lipinski definition) is 5. The average Bonchev–Trinajstić information content (AvgIpc) is 2.68. The van der Waals surface area contributed by atoms with E-state index in [0.717, 1.165) is 31.5 Å². The van der Waals surface area contributed by atoms with Crippen LogP contribution in [0.15, 0.2) is 29.2 Å². The Morgan fingerprint density at radius 2 is 1.89 bits per heavy atom. The highest BCUT2D eigenvalue weighted by molar-refractivity contribution is 7.89. The second kappa shape index (κ2) is 9.14. The molecule has 150 valence electrons. The second-order valence-corrected chi connectivity index (χ2v) is 9.45. The van der Waals surface area contributed by atoms with Gasteiger partial charge in [-0.05, 0) is 50.9 Å². The van der Waals surface area contributed by atoms with Gasteiger partial charge in [-0.2, -0.15) is 4.31 Å². The molecule has 1 amide bonds. The molecule has 27 heavy (non-hydrogen) atoms. The van der Waals surface area contributed by atoms with Gasteiger partial charge in [0, 0.05) is 32.7 Å². The molecular weight excluding hydrogens is 364 g/mol. The summed E-state index contributed by atoms with van der Waals surface area (Å²) in [4.78, 5) is 14.5. The van der Waals surface area contributed by atoms with Crippen LogP contribution in [0.25, 0.3) is 0 Å². The van der Waals surface area contributed by atoms with E-state index in [-0.39, 0.29) is 5.91 Å². The van der Waals surface area contributed by atoms with Crippen LogP contribution in [-0.4, -0.2) is 75.9 Å². The fraction of sp³-hybridized carbons (Fsp3) is 0.632. The number of sulfonamides is 1. The summed E-state index contributed by atoms with van der Waals surface area (Å²) in [6, 6.07) is 6.94. The number of rotatable bonds is 6. The first-order valence-corrected chi connectivity index (χ1v) is 11.2. The zero-order valence-corrected chi connectivity index (χ0v) is 16.8. The number of aryl methyl sites for hydroxylation is 1. The van der Waals surface area contributed by atoms with Gasteiger partial charge in [-0.3, -0.25) is 9.69 Å². The van der Waals surface area contributed by atoms with Crippen LogP contribution >= 0.6 is 0 Å². The Bertz CT molecular complexity index is 722. The number of piperazine rings is 1. The second-order valence-electron chi connectivity index (χ2n) is 7.51. The average molecular weight is 395 g/mol. The molecule has 2 N–H and O–H groups in total. The molecule has 0 bridgehead atoms. The number of nitrogens with zero attached hydrogens (tertiary/aromatic N) is 2. The first-order valence-electron chi connectivity index (χ1n) is 9.72. The summed E-state index contributed by atoms with van der Waals surface area (Å²) in [6.45, 7) is 6.99. The van der Waals surface area contributed by atoms with Crippen LogP contribution in [0.2, 0.25) is 0 Å². The third-order valence-electron chi connectivity index (χ3n) is 5.34. The van der Waals surface area contributed by atoms with E-state index >= 15 is 0 Å². The number of carbonyl (C=O) groups excluding carboxylic acids is 1. The van der Waals surface area contributed by atoms with E-state index in [1.165, 1.54) is 4.31 Å². The molecule has 8 heteroatoms. The van der Waals surface area contributed by atoms with Gasteiger partial charge < -0.3 is 10.6 Å². The minimum Gasteiger partial charge on any atom is -0.355 e. The quantitative estimate of drug-likeness (QED) is 0.731. The van der Waals surface area contributed by atoms with E-state index in [2.05, 4.69) is 10.6 Å². The number of amides is 1. The standard InChI is InChI=1S/C19H30N4O3S/c1-16-4-6-18(7-5-16)27(25,26)23-11-9-22(10-12-23)15-19(24)21-14-17-3-2-8-20-13-17/h4-7,17,20H,2-3,8-15H2,1H3,(H,21,24). The number of benzene rings is 1. The molecule has 0 spiro atoms. The molecule has 1 aromatic carbocycles. The van der Waals surface area contributed by atoms with Gasteiger partial charge >= 0.3 is 0 Å². The Morgan fingerprint density at radius 1 is 1.19 bits per heavy atom. The zero-order chi connectivity index (χ0) is 19.3. The Kier molecular flexibility index (Phi) is 6.86. The van der Waals surface area contributed by atoms with E-state index in [1.54, 1.807) is 12.1 Å². The molecule has 2 fully saturated rings. The lowest BCUT2D eigenvalue weighted by molar-refractivity contribution is -0.122. The smallest absolute Gasteiger partial charge is 0.243 e. The van der Waals surface area contributed by atoms with Gasteiger partial charge in [-0.1, -0.05) is 17.7 Å². The van der Waals surface area contributed by atoms with E-state index in [0.29, 0.717) is 50.1 Å². The highest BCUT2D eigenvalue weighted by Crippen LogP contribution is 2.18. The van der Waals surface area contributed by atoms with Crippen molar-refractivity contribution in [1.29, 1.82) is 0 Å². The maximum Gasteiger partial charge on any atom is 0.243 e. The SMILES string of the molecule is Cc1ccc(S(=O)(=O)N2CCN(CC(=O)NCC3CCCNC3)CC2)cc1. The van der Waals surface area contributed by atoms with Crippen molar-refractivity contribution in [1.82, 2.24) is 19.8 Å². The van der Waals surface area contributed by atoms with Gasteiger partial charge in [0.05, 0.1) is 11.4 Å². The number of piperidine rings is 1. The Morgan fingerprint density at radius 3 is 2.52 bits per heavy atom. The molecule has 0 aliphatic carbocycles. The van der Waals surface area contributed by atoms with Crippen LogP contribution in [-0.2, 0) is 14.8 Å². The van der Waals surface area contributed by atoms with Gasteiger partial charge in [0.25, 0.3) is 0 Å². The molecule has 7 nitrogen and oxygen atoms in total. The number of carbonyl (C=O) groups is 1.